The Bertz CT molecular complexity index is 1270. The first-order valence-electron chi connectivity index (χ1n) is 8.74. The molecular weight excluding hydrogens is 372 g/mol. The van der Waals surface area contributed by atoms with Crippen LogP contribution in [0.15, 0.2) is 52.6 Å². The van der Waals surface area contributed by atoms with Crippen LogP contribution in [0.2, 0.25) is 0 Å². The molecule has 0 spiro atoms. The second kappa shape index (κ2) is 7.01. The molecule has 0 fully saturated rings. The van der Waals surface area contributed by atoms with Gasteiger partial charge in [0.2, 0.25) is 0 Å². The van der Waals surface area contributed by atoms with Crippen molar-refractivity contribution in [3.63, 3.8) is 0 Å². The zero-order chi connectivity index (χ0) is 19.8. The van der Waals surface area contributed by atoms with Crippen LogP contribution in [-0.2, 0) is 7.05 Å². The number of amides is 1. The third-order valence-corrected chi connectivity index (χ3v) is 5.46. The zero-order valence-electron chi connectivity index (χ0n) is 15.7. The lowest BCUT2D eigenvalue weighted by molar-refractivity contribution is 0.102. The first-order valence-corrected chi connectivity index (χ1v) is 9.62. The van der Waals surface area contributed by atoms with Crippen LogP contribution in [0, 0.1) is 13.8 Å². The SMILES string of the molecule is Cc1ccc(-c2csc(NC(=O)c3nn(C)c(=O)c4ccccc34)n2)cc1C. The van der Waals surface area contributed by atoms with Gasteiger partial charge in [0.15, 0.2) is 10.8 Å². The molecule has 140 valence electrons. The number of hydrogen-bond acceptors (Lipinski definition) is 5. The number of nitrogens with zero attached hydrogens (tertiary/aromatic N) is 3. The molecule has 2 heterocycles. The predicted octanol–water partition coefficient (Wildman–Crippen LogP) is 3.93. The van der Waals surface area contributed by atoms with Crippen LogP contribution in [0.3, 0.4) is 0 Å². The van der Waals surface area contributed by atoms with Gasteiger partial charge < -0.3 is 0 Å². The van der Waals surface area contributed by atoms with E-state index >= 15 is 0 Å². The highest BCUT2D eigenvalue weighted by Crippen LogP contribution is 2.27. The standard InChI is InChI=1S/C21H18N4O2S/c1-12-8-9-14(10-13(12)2)17-11-28-21(22-17)23-19(26)18-15-6-4-5-7-16(15)20(27)25(3)24-18/h4-11H,1-3H3,(H,22,23,26). The minimum atomic E-state index is -0.396. The maximum Gasteiger partial charge on any atom is 0.278 e. The van der Waals surface area contributed by atoms with Gasteiger partial charge in [0.05, 0.1) is 11.1 Å². The Balaban J connectivity index is 1.66. The number of rotatable bonds is 3. The highest BCUT2D eigenvalue weighted by molar-refractivity contribution is 7.14. The topological polar surface area (TPSA) is 76.9 Å². The Morgan fingerprint density at radius 3 is 2.57 bits per heavy atom. The van der Waals surface area contributed by atoms with Crippen molar-refractivity contribution in [2.75, 3.05) is 5.32 Å². The van der Waals surface area contributed by atoms with Crippen molar-refractivity contribution in [3.05, 3.63) is 75.0 Å². The maximum absolute atomic E-state index is 12.8. The summed E-state index contributed by atoms with van der Waals surface area (Å²) in [5.41, 5.74) is 4.18. The highest BCUT2D eigenvalue weighted by Gasteiger charge is 2.17. The van der Waals surface area contributed by atoms with Crippen LogP contribution in [-0.4, -0.2) is 20.7 Å². The second-order valence-corrected chi connectivity index (χ2v) is 7.47. The first-order chi connectivity index (χ1) is 13.4. The van der Waals surface area contributed by atoms with Gasteiger partial charge in [-0.2, -0.15) is 5.10 Å². The van der Waals surface area contributed by atoms with E-state index in [4.69, 9.17) is 0 Å². The summed E-state index contributed by atoms with van der Waals surface area (Å²) in [4.78, 5) is 29.6. The number of aromatic nitrogens is 3. The van der Waals surface area contributed by atoms with Gasteiger partial charge in [0, 0.05) is 23.4 Å². The van der Waals surface area contributed by atoms with Crippen molar-refractivity contribution in [1.82, 2.24) is 14.8 Å². The van der Waals surface area contributed by atoms with Crippen molar-refractivity contribution in [2.24, 2.45) is 7.05 Å². The maximum atomic E-state index is 12.8. The van der Waals surface area contributed by atoms with Crippen LogP contribution in [0.25, 0.3) is 22.0 Å². The van der Waals surface area contributed by atoms with E-state index in [1.165, 1.54) is 34.2 Å². The monoisotopic (exact) mass is 390 g/mol. The van der Waals surface area contributed by atoms with Crippen LogP contribution < -0.4 is 10.9 Å². The van der Waals surface area contributed by atoms with Crippen LogP contribution in [0.4, 0.5) is 5.13 Å². The average Bonchev–Trinajstić information content (AvgIpc) is 3.15. The molecule has 0 bridgehead atoms. The van der Waals surface area contributed by atoms with Gasteiger partial charge in [-0.15, -0.1) is 11.3 Å². The van der Waals surface area contributed by atoms with Crippen molar-refractivity contribution in [3.8, 4) is 11.3 Å². The Hall–Kier alpha value is -3.32. The number of carbonyl (C=O) groups is 1. The summed E-state index contributed by atoms with van der Waals surface area (Å²) in [5.74, 6) is -0.396. The van der Waals surface area contributed by atoms with Gasteiger partial charge in [0.1, 0.15) is 0 Å². The Morgan fingerprint density at radius 2 is 1.82 bits per heavy atom. The molecule has 0 aliphatic heterocycles. The minimum Gasteiger partial charge on any atom is -0.296 e. The van der Waals surface area contributed by atoms with E-state index in [0.717, 1.165) is 11.3 Å². The molecule has 2 aromatic heterocycles. The fourth-order valence-corrected chi connectivity index (χ4v) is 3.70. The number of benzene rings is 2. The molecule has 0 aliphatic carbocycles. The average molecular weight is 390 g/mol. The third-order valence-electron chi connectivity index (χ3n) is 4.70. The fraction of sp³-hybridized carbons (Fsp3) is 0.143. The van der Waals surface area contributed by atoms with Gasteiger partial charge in [-0.05, 0) is 37.1 Å². The van der Waals surface area contributed by atoms with E-state index in [9.17, 15) is 9.59 Å². The smallest absolute Gasteiger partial charge is 0.278 e. The van der Waals surface area contributed by atoms with E-state index in [-0.39, 0.29) is 11.3 Å². The molecule has 0 saturated heterocycles. The van der Waals surface area contributed by atoms with E-state index in [0.29, 0.717) is 15.9 Å². The van der Waals surface area contributed by atoms with E-state index in [1.807, 2.05) is 11.4 Å². The van der Waals surface area contributed by atoms with Gasteiger partial charge in [-0.3, -0.25) is 14.9 Å². The lowest BCUT2D eigenvalue weighted by atomic mass is 10.1. The molecule has 7 heteroatoms. The van der Waals surface area contributed by atoms with Crippen molar-refractivity contribution >= 4 is 33.1 Å². The Morgan fingerprint density at radius 1 is 1.07 bits per heavy atom. The lowest BCUT2D eigenvalue weighted by Crippen LogP contribution is -2.25. The summed E-state index contributed by atoms with van der Waals surface area (Å²) < 4.78 is 1.18. The molecule has 4 rings (SSSR count). The van der Waals surface area contributed by atoms with Crippen LogP contribution in [0.5, 0.6) is 0 Å². The first kappa shape index (κ1) is 18.1. The van der Waals surface area contributed by atoms with Gasteiger partial charge in [-0.1, -0.05) is 30.3 Å². The molecule has 0 unspecified atom stereocenters. The molecule has 28 heavy (non-hydrogen) atoms. The largest absolute Gasteiger partial charge is 0.296 e. The summed E-state index contributed by atoms with van der Waals surface area (Å²) in [5, 5.41) is 10.3. The lowest BCUT2D eigenvalue weighted by Gasteiger charge is -2.07. The quantitative estimate of drug-likeness (QED) is 0.575. The number of carbonyl (C=O) groups excluding carboxylic acids is 1. The van der Waals surface area contributed by atoms with Crippen molar-refractivity contribution in [1.29, 1.82) is 0 Å². The van der Waals surface area contributed by atoms with E-state index in [2.05, 4.69) is 41.4 Å². The van der Waals surface area contributed by atoms with Gasteiger partial charge in [-0.25, -0.2) is 9.67 Å². The predicted molar refractivity (Wildman–Crippen MR) is 112 cm³/mol. The van der Waals surface area contributed by atoms with Gasteiger partial charge >= 0.3 is 0 Å². The minimum absolute atomic E-state index is 0.195. The molecule has 0 aliphatic rings. The number of aryl methyl sites for hydroxylation is 3. The van der Waals surface area contributed by atoms with Crippen LogP contribution >= 0.6 is 11.3 Å². The molecule has 1 N–H and O–H groups in total. The number of fused-ring (bicyclic) bond motifs is 1. The summed E-state index contributed by atoms with van der Waals surface area (Å²) in [6.07, 6.45) is 0. The molecule has 6 nitrogen and oxygen atoms in total. The van der Waals surface area contributed by atoms with Gasteiger partial charge in [0.25, 0.3) is 11.5 Å². The summed E-state index contributed by atoms with van der Waals surface area (Å²) in [6.45, 7) is 4.13. The Labute approximate surface area is 165 Å². The molecular formula is C21H18N4O2S. The summed E-state index contributed by atoms with van der Waals surface area (Å²) in [7, 11) is 1.53. The number of anilines is 1. The molecule has 0 saturated carbocycles. The molecule has 2 aromatic carbocycles. The third kappa shape index (κ3) is 3.20. The number of hydrogen-bond donors (Lipinski definition) is 1. The van der Waals surface area contributed by atoms with E-state index in [1.54, 1.807) is 24.3 Å². The zero-order valence-corrected chi connectivity index (χ0v) is 16.5. The molecule has 1 amide bonds. The number of thiazole rings is 1. The fourth-order valence-electron chi connectivity index (χ4n) is 2.99. The van der Waals surface area contributed by atoms with Crippen LogP contribution in [0.1, 0.15) is 21.6 Å². The van der Waals surface area contributed by atoms with Crippen molar-refractivity contribution in [2.45, 2.75) is 13.8 Å². The summed E-state index contributed by atoms with van der Waals surface area (Å²) in [6, 6.07) is 13.1. The highest BCUT2D eigenvalue weighted by atomic mass is 32.1. The molecule has 0 atom stereocenters. The molecule has 0 radical (unpaired) electrons. The number of nitrogens with one attached hydrogen (secondary N) is 1. The molecule has 4 aromatic rings. The summed E-state index contributed by atoms with van der Waals surface area (Å²) >= 11 is 1.35. The van der Waals surface area contributed by atoms with E-state index < -0.39 is 5.91 Å². The second-order valence-electron chi connectivity index (χ2n) is 6.61. The van der Waals surface area contributed by atoms with Crippen molar-refractivity contribution < 1.29 is 4.79 Å². The Kier molecular flexibility index (Phi) is 4.52. The normalized spacial score (nSPS) is 11.0.